The molecule has 2 amide bonds. The zero-order chi connectivity index (χ0) is 19.6. The Morgan fingerprint density at radius 2 is 1.89 bits per heavy atom. The van der Waals surface area contributed by atoms with E-state index in [2.05, 4.69) is 11.1 Å². The Labute approximate surface area is 159 Å². The predicted molar refractivity (Wildman–Crippen MR) is 103 cm³/mol. The summed E-state index contributed by atoms with van der Waals surface area (Å²) in [6.45, 7) is 5.09. The predicted octanol–water partition coefficient (Wildman–Crippen LogP) is 2.69. The maximum atomic E-state index is 12.8. The van der Waals surface area contributed by atoms with Crippen molar-refractivity contribution in [3.05, 3.63) is 58.8 Å². The molecule has 1 unspecified atom stereocenters. The number of carbonyl (C=O) groups is 2. The summed E-state index contributed by atoms with van der Waals surface area (Å²) in [7, 11) is 3.39. The lowest BCUT2D eigenvalue weighted by Gasteiger charge is -2.19. The summed E-state index contributed by atoms with van der Waals surface area (Å²) in [4.78, 5) is 32.6. The molecular formula is C21H25N3O3. The largest absolute Gasteiger partial charge is 0.472 e. The fourth-order valence-corrected chi connectivity index (χ4v) is 3.34. The zero-order valence-electron chi connectivity index (χ0n) is 16.2. The van der Waals surface area contributed by atoms with Gasteiger partial charge in [-0.1, -0.05) is 17.2 Å². The number of amides is 2. The first-order chi connectivity index (χ1) is 12.8. The highest BCUT2D eigenvalue weighted by molar-refractivity contribution is 5.96. The second kappa shape index (κ2) is 7.78. The second-order valence-corrected chi connectivity index (χ2v) is 7.21. The van der Waals surface area contributed by atoms with Crippen LogP contribution >= 0.6 is 0 Å². The summed E-state index contributed by atoms with van der Waals surface area (Å²) < 4.78 is 5.99. The van der Waals surface area contributed by atoms with Gasteiger partial charge in [0.25, 0.3) is 11.8 Å². The molecule has 6 nitrogen and oxygen atoms in total. The van der Waals surface area contributed by atoms with Crippen LogP contribution < -0.4 is 4.74 Å². The summed E-state index contributed by atoms with van der Waals surface area (Å²) in [6, 6.07) is 9.30. The third-order valence-corrected chi connectivity index (χ3v) is 4.59. The van der Waals surface area contributed by atoms with Gasteiger partial charge in [0.15, 0.2) is 0 Å². The number of likely N-dealkylation sites (tertiary alicyclic amines) is 1. The normalized spacial score (nSPS) is 16.3. The zero-order valence-corrected chi connectivity index (χ0v) is 16.2. The summed E-state index contributed by atoms with van der Waals surface area (Å²) in [5, 5.41) is 0. The van der Waals surface area contributed by atoms with E-state index in [1.165, 1.54) is 4.90 Å². The van der Waals surface area contributed by atoms with Crippen LogP contribution in [0.2, 0.25) is 0 Å². The summed E-state index contributed by atoms with van der Waals surface area (Å²) in [6.07, 6.45) is 2.14. The van der Waals surface area contributed by atoms with Crippen molar-refractivity contribution in [3.63, 3.8) is 0 Å². The van der Waals surface area contributed by atoms with Crippen LogP contribution in [0.5, 0.6) is 5.88 Å². The Bertz CT molecular complexity index is 843. The van der Waals surface area contributed by atoms with Crippen LogP contribution in [0.25, 0.3) is 0 Å². The molecule has 1 aromatic carbocycles. The smallest absolute Gasteiger partial charge is 0.258 e. The SMILES string of the molecule is Cc1cc(C)cc(C(=O)N2CCC(Oc3ncccc3C(=O)N(C)C)C2)c1. The molecule has 0 spiro atoms. The van der Waals surface area contributed by atoms with Crippen LogP contribution in [-0.2, 0) is 0 Å². The van der Waals surface area contributed by atoms with E-state index in [0.29, 0.717) is 36.5 Å². The number of benzene rings is 1. The van der Waals surface area contributed by atoms with Crippen molar-refractivity contribution in [1.82, 2.24) is 14.8 Å². The number of ether oxygens (including phenoxy) is 1. The lowest BCUT2D eigenvalue weighted by atomic mass is 10.1. The highest BCUT2D eigenvalue weighted by Gasteiger charge is 2.30. The molecule has 0 aliphatic carbocycles. The number of nitrogens with zero attached hydrogens (tertiary/aromatic N) is 3. The van der Waals surface area contributed by atoms with Gasteiger partial charge in [0, 0.05) is 38.8 Å². The van der Waals surface area contributed by atoms with E-state index >= 15 is 0 Å². The molecule has 1 saturated heterocycles. The Hall–Kier alpha value is -2.89. The molecule has 0 radical (unpaired) electrons. The van der Waals surface area contributed by atoms with E-state index in [-0.39, 0.29) is 17.9 Å². The molecule has 2 aromatic rings. The van der Waals surface area contributed by atoms with Gasteiger partial charge in [0.1, 0.15) is 11.7 Å². The first-order valence-corrected chi connectivity index (χ1v) is 9.06. The van der Waals surface area contributed by atoms with Crippen molar-refractivity contribution in [1.29, 1.82) is 0 Å². The number of carbonyl (C=O) groups excluding carboxylic acids is 2. The van der Waals surface area contributed by atoms with E-state index < -0.39 is 0 Å². The van der Waals surface area contributed by atoms with Crippen LogP contribution in [0, 0.1) is 13.8 Å². The van der Waals surface area contributed by atoms with Crippen LogP contribution in [0.15, 0.2) is 36.5 Å². The van der Waals surface area contributed by atoms with Gasteiger partial charge in [-0.25, -0.2) is 4.98 Å². The average Bonchev–Trinajstić information content (AvgIpc) is 3.08. The standard InChI is InChI=1S/C21H25N3O3/c1-14-10-15(2)12-16(11-14)20(25)24-9-7-17(13-24)27-19-18(6-5-8-22-19)21(26)23(3)4/h5-6,8,10-12,17H,7,9,13H2,1-4H3. The van der Waals surface area contributed by atoms with Crippen LogP contribution in [-0.4, -0.2) is 59.9 Å². The fourth-order valence-electron chi connectivity index (χ4n) is 3.34. The molecule has 1 aliphatic rings. The molecular weight excluding hydrogens is 342 g/mol. The van der Waals surface area contributed by atoms with E-state index in [0.717, 1.165) is 11.1 Å². The van der Waals surface area contributed by atoms with E-state index in [1.54, 1.807) is 37.3 Å². The van der Waals surface area contributed by atoms with Crippen LogP contribution in [0.3, 0.4) is 0 Å². The lowest BCUT2D eigenvalue weighted by molar-refractivity contribution is 0.0762. The molecule has 1 atom stereocenters. The van der Waals surface area contributed by atoms with Gasteiger partial charge in [-0.15, -0.1) is 0 Å². The molecule has 0 saturated carbocycles. The number of hydrogen-bond acceptors (Lipinski definition) is 4. The minimum Gasteiger partial charge on any atom is -0.472 e. The van der Waals surface area contributed by atoms with Crippen molar-refractivity contribution in [3.8, 4) is 5.88 Å². The lowest BCUT2D eigenvalue weighted by Crippen LogP contribution is -2.31. The highest BCUT2D eigenvalue weighted by atomic mass is 16.5. The van der Waals surface area contributed by atoms with Crippen molar-refractivity contribution >= 4 is 11.8 Å². The first-order valence-electron chi connectivity index (χ1n) is 9.06. The molecule has 1 aliphatic heterocycles. The maximum absolute atomic E-state index is 12.8. The molecule has 0 N–H and O–H groups in total. The summed E-state index contributed by atoms with van der Waals surface area (Å²) in [5.74, 6) is 0.180. The van der Waals surface area contributed by atoms with Crippen LogP contribution in [0.4, 0.5) is 0 Å². The summed E-state index contributed by atoms with van der Waals surface area (Å²) >= 11 is 0. The number of pyridine rings is 1. The van der Waals surface area contributed by atoms with Gasteiger partial charge in [-0.2, -0.15) is 0 Å². The van der Waals surface area contributed by atoms with Crippen LogP contribution in [0.1, 0.15) is 38.3 Å². The number of aryl methyl sites for hydroxylation is 2. The monoisotopic (exact) mass is 367 g/mol. The fraction of sp³-hybridized carbons (Fsp3) is 0.381. The van der Waals surface area contributed by atoms with E-state index in [1.807, 2.05) is 26.0 Å². The van der Waals surface area contributed by atoms with Gasteiger partial charge in [0.05, 0.1) is 6.54 Å². The molecule has 142 valence electrons. The average molecular weight is 367 g/mol. The summed E-state index contributed by atoms with van der Waals surface area (Å²) in [5.41, 5.74) is 3.28. The minimum absolute atomic E-state index is 0.0125. The van der Waals surface area contributed by atoms with E-state index in [4.69, 9.17) is 4.74 Å². The topological polar surface area (TPSA) is 62.7 Å². The van der Waals surface area contributed by atoms with Gasteiger partial charge < -0.3 is 14.5 Å². The van der Waals surface area contributed by atoms with Crippen molar-refractivity contribution in [2.24, 2.45) is 0 Å². The number of rotatable bonds is 4. The Morgan fingerprint density at radius 3 is 2.56 bits per heavy atom. The van der Waals surface area contributed by atoms with Gasteiger partial charge >= 0.3 is 0 Å². The van der Waals surface area contributed by atoms with Gasteiger partial charge in [-0.05, 0) is 38.1 Å². The third-order valence-electron chi connectivity index (χ3n) is 4.59. The molecule has 1 fully saturated rings. The van der Waals surface area contributed by atoms with Crippen molar-refractivity contribution < 1.29 is 14.3 Å². The molecule has 1 aromatic heterocycles. The Kier molecular flexibility index (Phi) is 5.44. The first kappa shape index (κ1) is 18.9. The third kappa shape index (κ3) is 4.27. The number of aromatic nitrogens is 1. The quantitative estimate of drug-likeness (QED) is 0.834. The number of hydrogen-bond donors (Lipinski definition) is 0. The van der Waals surface area contributed by atoms with Crippen molar-refractivity contribution in [2.75, 3.05) is 27.2 Å². The maximum Gasteiger partial charge on any atom is 0.258 e. The molecule has 6 heteroatoms. The highest BCUT2D eigenvalue weighted by Crippen LogP contribution is 2.22. The van der Waals surface area contributed by atoms with Gasteiger partial charge in [-0.3, -0.25) is 9.59 Å². The Balaban J connectivity index is 1.70. The molecule has 0 bridgehead atoms. The van der Waals surface area contributed by atoms with E-state index in [9.17, 15) is 9.59 Å². The minimum atomic E-state index is -0.177. The Morgan fingerprint density at radius 1 is 1.19 bits per heavy atom. The molecule has 27 heavy (non-hydrogen) atoms. The molecule has 3 rings (SSSR count). The van der Waals surface area contributed by atoms with Crippen molar-refractivity contribution in [2.45, 2.75) is 26.4 Å². The van der Waals surface area contributed by atoms with Gasteiger partial charge in [0.2, 0.25) is 5.88 Å². The second-order valence-electron chi connectivity index (χ2n) is 7.21. The molecule has 2 heterocycles.